The molecule has 0 saturated carbocycles. The van der Waals surface area contributed by atoms with Gasteiger partial charge in [-0.3, -0.25) is 4.79 Å². The van der Waals surface area contributed by atoms with Crippen molar-refractivity contribution in [1.29, 1.82) is 0 Å². The van der Waals surface area contributed by atoms with Gasteiger partial charge in [0, 0.05) is 17.1 Å². The Labute approximate surface area is 141 Å². The van der Waals surface area contributed by atoms with Crippen molar-refractivity contribution in [3.05, 3.63) is 53.8 Å². The number of rotatable bonds is 5. The zero-order valence-electron chi connectivity index (χ0n) is 12.5. The van der Waals surface area contributed by atoms with Gasteiger partial charge in [-0.2, -0.15) is 0 Å². The average molecular weight is 346 g/mol. The molecule has 1 amide bonds. The zero-order valence-corrected chi connectivity index (χ0v) is 14.1. The quantitative estimate of drug-likeness (QED) is 0.671. The van der Waals surface area contributed by atoms with E-state index in [1.165, 1.54) is 23.0 Å². The fourth-order valence-electron chi connectivity index (χ4n) is 2.05. The summed E-state index contributed by atoms with van der Waals surface area (Å²) < 4.78 is 14.3. The highest BCUT2D eigenvalue weighted by Gasteiger charge is 2.10. The van der Waals surface area contributed by atoms with E-state index in [0.717, 1.165) is 9.60 Å². The average Bonchev–Trinajstić information content (AvgIpc) is 2.93. The lowest BCUT2D eigenvalue weighted by molar-refractivity contribution is -0.115. The Morgan fingerprint density at radius 1 is 1.26 bits per heavy atom. The van der Waals surface area contributed by atoms with Gasteiger partial charge in [-0.1, -0.05) is 35.1 Å². The van der Waals surface area contributed by atoms with E-state index >= 15 is 0 Å². The van der Waals surface area contributed by atoms with Crippen LogP contribution in [0, 0.1) is 12.7 Å². The highest BCUT2D eigenvalue weighted by atomic mass is 32.2. The zero-order chi connectivity index (χ0) is 16.2. The van der Waals surface area contributed by atoms with Crippen LogP contribution in [0.5, 0.6) is 0 Å². The third-order valence-electron chi connectivity index (χ3n) is 3.23. The van der Waals surface area contributed by atoms with Crippen molar-refractivity contribution in [3.63, 3.8) is 0 Å². The first-order valence-electron chi connectivity index (χ1n) is 7.16. The van der Waals surface area contributed by atoms with E-state index < -0.39 is 0 Å². The molecule has 118 valence electrons. The van der Waals surface area contributed by atoms with Gasteiger partial charge < -0.3 is 5.32 Å². The maximum absolute atomic E-state index is 13.6. The van der Waals surface area contributed by atoms with Crippen molar-refractivity contribution in [2.75, 3.05) is 11.1 Å². The summed E-state index contributed by atoms with van der Waals surface area (Å²) in [5.74, 6) is 0.215. The number of fused-ring (bicyclic) bond motifs is 1. The van der Waals surface area contributed by atoms with E-state index in [1.54, 1.807) is 23.9 Å². The van der Waals surface area contributed by atoms with Crippen LogP contribution in [0.15, 0.2) is 47.4 Å². The van der Waals surface area contributed by atoms with E-state index in [2.05, 4.69) is 22.4 Å². The number of aromatic nitrogens is 1. The van der Waals surface area contributed by atoms with Crippen LogP contribution in [-0.2, 0) is 4.79 Å². The number of nitrogens with one attached hydrogen (secondary N) is 1. The molecular formula is C17H15FN2OS2. The third kappa shape index (κ3) is 4.09. The second-order valence-electron chi connectivity index (χ2n) is 5.07. The van der Waals surface area contributed by atoms with Crippen molar-refractivity contribution in [3.8, 4) is 0 Å². The molecule has 6 heteroatoms. The van der Waals surface area contributed by atoms with Crippen molar-refractivity contribution >= 4 is 44.4 Å². The minimum absolute atomic E-state index is 0.107. The smallest absolute Gasteiger partial charge is 0.226 e. The molecule has 0 radical (unpaired) electrons. The van der Waals surface area contributed by atoms with Crippen LogP contribution in [0.4, 0.5) is 9.52 Å². The number of para-hydroxylation sites is 1. The molecule has 23 heavy (non-hydrogen) atoms. The number of hydrogen-bond donors (Lipinski definition) is 1. The van der Waals surface area contributed by atoms with Crippen LogP contribution in [0.2, 0.25) is 0 Å². The first-order chi connectivity index (χ1) is 11.1. The molecule has 0 aliphatic heterocycles. The summed E-state index contributed by atoms with van der Waals surface area (Å²) in [5.41, 5.74) is 1.52. The molecule has 0 spiro atoms. The van der Waals surface area contributed by atoms with Gasteiger partial charge in [-0.05, 0) is 31.2 Å². The molecule has 0 unspecified atom stereocenters. The second kappa shape index (κ2) is 7.10. The van der Waals surface area contributed by atoms with Crippen LogP contribution in [0.25, 0.3) is 10.2 Å². The molecule has 0 bridgehead atoms. The fraction of sp³-hybridized carbons (Fsp3) is 0.176. The molecule has 3 rings (SSSR count). The lowest BCUT2D eigenvalue weighted by Gasteiger charge is -2.02. The molecule has 0 atom stereocenters. The number of carbonyl (C=O) groups is 1. The molecule has 2 aromatic carbocycles. The van der Waals surface area contributed by atoms with E-state index in [9.17, 15) is 9.18 Å². The highest BCUT2D eigenvalue weighted by molar-refractivity contribution is 7.99. The molecule has 0 aliphatic rings. The minimum atomic E-state index is -0.367. The highest BCUT2D eigenvalue weighted by Crippen LogP contribution is 2.27. The normalized spacial score (nSPS) is 10.9. The van der Waals surface area contributed by atoms with Gasteiger partial charge >= 0.3 is 0 Å². The van der Waals surface area contributed by atoms with Crippen LogP contribution < -0.4 is 5.32 Å². The summed E-state index contributed by atoms with van der Waals surface area (Å²) in [7, 11) is 0. The summed E-state index contributed by atoms with van der Waals surface area (Å²) in [6.07, 6.45) is 0.386. The Kier molecular flexibility index (Phi) is 4.93. The van der Waals surface area contributed by atoms with Crippen molar-refractivity contribution < 1.29 is 9.18 Å². The molecule has 0 aliphatic carbocycles. The van der Waals surface area contributed by atoms with Gasteiger partial charge in [0.1, 0.15) is 11.3 Å². The maximum Gasteiger partial charge on any atom is 0.226 e. The topological polar surface area (TPSA) is 42.0 Å². The molecular weight excluding hydrogens is 331 g/mol. The summed E-state index contributed by atoms with van der Waals surface area (Å²) in [6, 6.07) is 13.0. The molecule has 0 fully saturated rings. The Balaban J connectivity index is 1.54. The number of thiazole rings is 1. The number of amides is 1. The van der Waals surface area contributed by atoms with Crippen molar-refractivity contribution in [2.45, 2.75) is 18.2 Å². The van der Waals surface area contributed by atoms with Crippen molar-refractivity contribution in [1.82, 2.24) is 4.98 Å². The number of carbonyl (C=O) groups excluding carboxylic acids is 1. The molecule has 1 N–H and O–H groups in total. The van der Waals surface area contributed by atoms with Crippen LogP contribution in [0.1, 0.15) is 12.0 Å². The second-order valence-corrected chi connectivity index (χ2v) is 7.26. The number of anilines is 1. The Bertz CT molecular complexity index is 830. The summed E-state index contributed by atoms with van der Waals surface area (Å²) in [6.45, 7) is 2.04. The van der Waals surface area contributed by atoms with Crippen molar-refractivity contribution in [2.24, 2.45) is 0 Å². The maximum atomic E-state index is 13.6. The Hall–Kier alpha value is -1.92. The number of hydrogen-bond acceptors (Lipinski definition) is 4. The van der Waals surface area contributed by atoms with E-state index in [1.807, 2.05) is 19.1 Å². The fourth-order valence-corrected chi connectivity index (χ4v) is 3.79. The van der Waals surface area contributed by atoms with Gasteiger partial charge in [0.25, 0.3) is 0 Å². The van der Waals surface area contributed by atoms with E-state index in [0.29, 0.717) is 22.8 Å². The molecule has 3 nitrogen and oxygen atoms in total. The molecule has 1 aromatic heterocycles. The third-order valence-corrected chi connectivity index (χ3v) is 5.18. The lowest BCUT2D eigenvalue weighted by Crippen LogP contribution is -2.11. The summed E-state index contributed by atoms with van der Waals surface area (Å²) in [4.78, 5) is 17.2. The number of benzene rings is 2. The monoisotopic (exact) mass is 346 g/mol. The number of halogens is 1. The molecule has 3 aromatic rings. The van der Waals surface area contributed by atoms with E-state index in [-0.39, 0.29) is 11.7 Å². The lowest BCUT2D eigenvalue weighted by atomic mass is 10.2. The number of aryl methyl sites for hydroxylation is 1. The summed E-state index contributed by atoms with van der Waals surface area (Å²) >= 11 is 2.92. The van der Waals surface area contributed by atoms with Gasteiger partial charge in [0.05, 0.1) is 4.70 Å². The van der Waals surface area contributed by atoms with Crippen LogP contribution in [-0.4, -0.2) is 16.6 Å². The molecule has 1 heterocycles. The largest absolute Gasteiger partial charge is 0.302 e. The number of thioether (sulfide) groups is 1. The first-order valence-corrected chi connectivity index (χ1v) is 8.96. The number of nitrogens with zero attached hydrogens (tertiary/aromatic N) is 1. The Morgan fingerprint density at radius 2 is 2.04 bits per heavy atom. The van der Waals surface area contributed by atoms with Crippen LogP contribution >= 0.6 is 23.1 Å². The standard InChI is InChI=1S/C17H15FN2OS2/c1-11-5-7-12(8-6-11)22-10-9-15(21)19-17-20-16-13(18)3-2-4-14(16)23-17/h2-8H,9-10H2,1H3,(H,19,20,21). The predicted octanol–water partition coefficient (Wildman–Crippen LogP) is 4.86. The van der Waals surface area contributed by atoms with Crippen LogP contribution in [0.3, 0.4) is 0 Å². The predicted molar refractivity (Wildman–Crippen MR) is 94.7 cm³/mol. The SMILES string of the molecule is Cc1ccc(SCCC(=O)Nc2nc3c(F)cccc3s2)cc1. The summed E-state index contributed by atoms with van der Waals surface area (Å²) in [5, 5.41) is 3.18. The van der Waals surface area contributed by atoms with Gasteiger partial charge in [0.15, 0.2) is 5.13 Å². The Morgan fingerprint density at radius 3 is 2.78 bits per heavy atom. The first kappa shape index (κ1) is 16.0. The van der Waals surface area contributed by atoms with Gasteiger partial charge in [-0.15, -0.1) is 11.8 Å². The van der Waals surface area contributed by atoms with Gasteiger partial charge in [0.2, 0.25) is 5.91 Å². The molecule has 0 saturated heterocycles. The minimum Gasteiger partial charge on any atom is -0.302 e. The van der Waals surface area contributed by atoms with E-state index in [4.69, 9.17) is 0 Å². The van der Waals surface area contributed by atoms with Gasteiger partial charge in [-0.25, -0.2) is 9.37 Å².